The van der Waals surface area contributed by atoms with Crippen molar-refractivity contribution >= 4 is 38.9 Å². The zero-order valence-electron chi connectivity index (χ0n) is 9.93. The summed E-state index contributed by atoms with van der Waals surface area (Å²) in [5.74, 6) is -0.237. The number of aryl methyl sites for hydroxylation is 1. The summed E-state index contributed by atoms with van der Waals surface area (Å²) in [6.45, 7) is 1.95. The summed E-state index contributed by atoms with van der Waals surface area (Å²) < 4.78 is 15.3. The fourth-order valence-electron chi connectivity index (χ4n) is 1.82. The van der Waals surface area contributed by atoms with Crippen molar-refractivity contribution in [2.45, 2.75) is 13.0 Å². The van der Waals surface area contributed by atoms with Crippen LogP contribution in [0.4, 0.5) is 4.39 Å². The second-order valence-electron chi connectivity index (χ2n) is 3.97. The van der Waals surface area contributed by atoms with E-state index in [4.69, 9.17) is 11.6 Å². The quantitative estimate of drug-likeness (QED) is 0.830. The first-order valence-electron chi connectivity index (χ1n) is 5.41. The van der Waals surface area contributed by atoms with Crippen LogP contribution < -0.4 is 5.32 Å². The number of thiophene rings is 1. The second-order valence-corrected chi connectivity index (χ2v) is 6.51. The van der Waals surface area contributed by atoms with Crippen molar-refractivity contribution in [3.8, 4) is 0 Å². The molecule has 0 amide bonds. The van der Waals surface area contributed by atoms with E-state index in [0.29, 0.717) is 10.0 Å². The van der Waals surface area contributed by atoms with Gasteiger partial charge in [0.1, 0.15) is 5.82 Å². The van der Waals surface area contributed by atoms with Gasteiger partial charge >= 0.3 is 0 Å². The van der Waals surface area contributed by atoms with Gasteiger partial charge in [0.15, 0.2) is 0 Å². The maximum atomic E-state index is 14.1. The predicted octanol–water partition coefficient (Wildman–Crippen LogP) is 4.92. The first kappa shape index (κ1) is 14.0. The van der Waals surface area contributed by atoms with Crippen molar-refractivity contribution in [2.75, 3.05) is 7.05 Å². The molecule has 1 atom stereocenters. The topological polar surface area (TPSA) is 12.0 Å². The molecule has 1 nitrogen and oxygen atoms in total. The smallest absolute Gasteiger partial charge is 0.142 e. The molecule has 96 valence electrons. The fourth-order valence-corrected chi connectivity index (χ4v) is 3.55. The van der Waals surface area contributed by atoms with Crippen molar-refractivity contribution in [1.82, 2.24) is 5.32 Å². The summed E-state index contributed by atoms with van der Waals surface area (Å²) in [5.41, 5.74) is 1.64. The summed E-state index contributed by atoms with van der Waals surface area (Å²) in [6.07, 6.45) is 0. The van der Waals surface area contributed by atoms with Crippen LogP contribution in [0.1, 0.15) is 22.0 Å². The van der Waals surface area contributed by atoms with Gasteiger partial charge in [-0.25, -0.2) is 4.39 Å². The molecule has 0 fully saturated rings. The van der Waals surface area contributed by atoms with Crippen LogP contribution in [0.25, 0.3) is 0 Å². The van der Waals surface area contributed by atoms with E-state index in [-0.39, 0.29) is 11.9 Å². The molecule has 0 aliphatic carbocycles. The Balaban J connectivity index is 2.48. The molecule has 0 saturated heterocycles. The van der Waals surface area contributed by atoms with E-state index in [0.717, 1.165) is 14.8 Å². The Kier molecular flexibility index (Phi) is 4.43. The van der Waals surface area contributed by atoms with Crippen molar-refractivity contribution < 1.29 is 4.39 Å². The lowest BCUT2D eigenvalue weighted by molar-refractivity contribution is 0.574. The van der Waals surface area contributed by atoms with Gasteiger partial charge in [0.2, 0.25) is 0 Å². The van der Waals surface area contributed by atoms with Crippen LogP contribution in [-0.2, 0) is 0 Å². The molecule has 5 heteroatoms. The third-order valence-electron chi connectivity index (χ3n) is 2.74. The highest BCUT2D eigenvalue weighted by Crippen LogP contribution is 2.35. The molecule has 2 aromatic rings. The summed E-state index contributed by atoms with van der Waals surface area (Å²) in [4.78, 5) is 1.01. The largest absolute Gasteiger partial charge is 0.309 e. The van der Waals surface area contributed by atoms with Crippen molar-refractivity contribution in [3.05, 3.63) is 54.9 Å². The molecule has 0 aliphatic rings. The summed E-state index contributed by atoms with van der Waals surface area (Å²) in [7, 11) is 1.81. The molecule has 0 spiro atoms. The molecule has 18 heavy (non-hydrogen) atoms. The minimum Gasteiger partial charge on any atom is -0.309 e. The van der Waals surface area contributed by atoms with Crippen LogP contribution in [-0.4, -0.2) is 7.05 Å². The number of rotatable bonds is 3. The van der Waals surface area contributed by atoms with Crippen molar-refractivity contribution in [1.29, 1.82) is 0 Å². The van der Waals surface area contributed by atoms with E-state index in [1.807, 2.05) is 26.1 Å². The average Bonchev–Trinajstić information content (AvgIpc) is 2.66. The summed E-state index contributed by atoms with van der Waals surface area (Å²) in [5, 5.41) is 3.13. The SMILES string of the molecule is CNC(c1cc(C)c(Cl)s1)c1cccc(Br)c1F. The molecule has 0 saturated carbocycles. The Morgan fingerprint density at radius 3 is 2.72 bits per heavy atom. The number of hydrogen-bond donors (Lipinski definition) is 1. The van der Waals surface area contributed by atoms with Crippen LogP contribution in [0.15, 0.2) is 28.7 Å². The molecule has 1 aromatic heterocycles. The van der Waals surface area contributed by atoms with Gasteiger partial charge in [-0.2, -0.15) is 0 Å². The lowest BCUT2D eigenvalue weighted by Crippen LogP contribution is -2.18. The zero-order chi connectivity index (χ0) is 13.3. The Hall–Kier alpha value is -0.420. The number of hydrogen-bond acceptors (Lipinski definition) is 2. The maximum absolute atomic E-state index is 14.1. The Morgan fingerprint density at radius 1 is 1.44 bits per heavy atom. The van der Waals surface area contributed by atoms with E-state index in [2.05, 4.69) is 21.2 Å². The summed E-state index contributed by atoms with van der Waals surface area (Å²) in [6, 6.07) is 7.12. The van der Waals surface area contributed by atoms with E-state index in [1.54, 1.807) is 12.1 Å². The van der Waals surface area contributed by atoms with Gasteiger partial charge in [-0.1, -0.05) is 23.7 Å². The standard InChI is InChI=1S/C13H12BrClFNS/c1-7-6-10(18-13(7)15)12(17-2)8-4-3-5-9(14)11(8)16/h3-6,12,17H,1-2H3. The fraction of sp³-hybridized carbons (Fsp3) is 0.231. The Morgan fingerprint density at radius 2 is 2.17 bits per heavy atom. The van der Waals surface area contributed by atoms with Gasteiger partial charge in [-0.15, -0.1) is 11.3 Å². The highest BCUT2D eigenvalue weighted by molar-refractivity contribution is 9.10. The predicted molar refractivity (Wildman–Crippen MR) is 79.1 cm³/mol. The van der Waals surface area contributed by atoms with Crippen LogP contribution in [0.5, 0.6) is 0 Å². The van der Waals surface area contributed by atoms with Crippen molar-refractivity contribution in [2.24, 2.45) is 0 Å². The number of halogens is 3. The molecule has 1 unspecified atom stereocenters. The molecule has 1 heterocycles. The second kappa shape index (κ2) is 5.70. The van der Waals surface area contributed by atoms with E-state index in [1.165, 1.54) is 11.3 Å². The third kappa shape index (κ3) is 2.62. The maximum Gasteiger partial charge on any atom is 0.142 e. The molecule has 2 rings (SSSR count). The van der Waals surface area contributed by atoms with E-state index in [9.17, 15) is 4.39 Å². The average molecular weight is 349 g/mol. The highest BCUT2D eigenvalue weighted by Gasteiger charge is 2.20. The molecule has 1 N–H and O–H groups in total. The van der Waals surface area contributed by atoms with Crippen LogP contribution >= 0.6 is 38.9 Å². The Labute approximate surface area is 123 Å². The lowest BCUT2D eigenvalue weighted by Gasteiger charge is -2.16. The molecule has 0 radical (unpaired) electrons. The minimum atomic E-state index is -0.237. The highest BCUT2D eigenvalue weighted by atomic mass is 79.9. The first-order valence-corrected chi connectivity index (χ1v) is 7.40. The number of nitrogens with one attached hydrogen (secondary N) is 1. The third-order valence-corrected chi connectivity index (χ3v) is 4.97. The monoisotopic (exact) mass is 347 g/mol. The van der Waals surface area contributed by atoms with Gasteiger partial charge < -0.3 is 5.32 Å². The zero-order valence-corrected chi connectivity index (χ0v) is 13.1. The van der Waals surface area contributed by atoms with E-state index < -0.39 is 0 Å². The normalized spacial score (nSPS) is 12.7. The van der Waals surface area contributed by atoms with Crippen molar-refractivity contribution in [3.63, 3.8) is 0 Å². The van der Waals surface area contributed by atoms with Crippen LogP contribution in [0.3, 0.4) is 0 Å². The Bertz CT molecular complexity index is 551. The number of benzene rings is 1. The molecule has 0 bridgehead atoms. The summed E-state index contributed by atoms with van der Waals surface area (Å²) >= 11 is 10.8. The lowest BCUT2D eigenvalue weighted by atomic mass is 10.0. The minimum absolute atomic E-state index is 0.182. The first-order chi connectivity index (χ1) is 8.54. The van der Waals surface area contributed by atoms with Gasteiger partial charge in [-0.05, 0) is 47.6 Å². The van der Waals surface area contributed by atoms with Crippen LogP contribution in [0.2, 0.25) is 4.34 Å². The van der Waals surface area contributed by atoms with Crippen LogP contribution in [0, 0.1) is 12.7 Å². The molecule has 0 aliphatic heterocycles. The molecular formula is C13H12BrClFNS. The van der Waals surface area contributed by atoms with Gasteiger partial charge in [0.25, 0.3) is 0 Å². The molecule has 1 aromatic carbocycles. The van der Waals surface area contributed by atoms with Gasteiger partial charge in [-0.3, -0.25) is 0 Å². The van der Waals surface area contributed by atoms with E-state index >= 15 is 0 Å². The molecular weight excluding hydrogens is 337 g/mol. The van der Waals surface area contributed by atoms with Gasteiger partial charge in [0, 0.05) is 10.4 Å². The van der Waals surface area contributed by atoms with Gasteiger partial charge in [0.05, 0.1) is 14.9 Å².